The first kappa shape index (κ1) is 15.7. The normalized spacial score (nSPS) is 38.7. The lowest BCUT2D eigenvalue weighted by Crippen LogP contribution is -2.72. The van der Waals surface area contributed by atoms with Gasteiger partial charge in [-0.05, 0) is 0 Å². The van der Waals surface area contributed by atoms with E-state index in [-0.39, 0.29) is 12.4 Å². The molecular formula is C8H8ClF8N. The van der Waals surface area contributed by atoms with Crippen LogP contribution in [0.2, 0.25) is 0 Å². The molecule has 0 aromatic carbocycles. The summed E-state index contributed by atoms with van der Waals surface area (Å²) in [4.78, 5) is 0. The zero-order valence-electron chi connectivity index (χ0n) is 8.50. The molecule has 0 bridgehead atoms. The van der Waals surface area contributed by atoms with E-state index in [1.165, 1.54) is 0 Å². The molecular weight excluding hydrogens is 298 g/mol. The summed E-state index contributed by atoms with van der Waals surface area (Å²) in [7, 11) is 0. The van der Waals surface area contributed by atoms with Gasteiger partial charge in [0.05, 0.1) is 11.8 Å². The molecule has 1 aliphatic heterocycles. The molecule has 10 heteroatoms. The molecule has 2 unspecified atom stereocenters. The molecule has 1 N–H and O–H groups in total. The third kappa shape index (κ3) is 1.43. The van der Waals surface area contributed by atoms with Crippen LogP contribution in [0.25, 0.3) is 0 Å². The molecule has 1 saturated heterocycles. The molecule has 0 spiro atoms. The molecule has 1 saturated carbocycles. The fourth-order valence-corrected chi connectivity index (χ4v) is 2.32. The van der Waals surface area contributed by atoms with Gasteiger partial charge in [-0.1, -0.05) is 0 Å². The third-order valence-electron chi connectivity index (χ3n) is 3.38. The van der Waals surface area contributed by atoms with Crippen LogP contribution in [0.5, 0.6) is 0 Å². The number of fused-ring (bicyclic) bond motifs is 1. The average Bonchev–Trinajstić information content (AvgIpc) is 2.64. The van der Waals surface area contributed by atoms with Gasteiger partial charge in [0.25, 0.3) is 0 Å². The van der Waals surface area contributed by atoms with Crippen LogP contribution in [-0.2, 0) is 0 Å². The second-order valence-corrected chi connectivity index (χ2v) is 4.27. The van der Waals surface area contributed by atoms with Crippen molar-refractivity contribution in [2.75, 3.05) is 13.1 Å². The van der Waals surface area contributed by atoms with Crippen LogP contribution in [0.4, 0.5) is 35.1 Å². The highest BCUT2D eigenvalue weighted by atomic mass is 35.5. The van der Waals surface area contributed by atoms with Crippen molar-refractivity contribution >= 4 is 12.4 Å². The zero-order valence-corrected chi connectivity index (χ0v) is 9.32. The summed E-state index contributed by atoms with van der Waals surface area (Å²) in [5, 5.41) is 2.02. The number of nitrogens with one attached hydrogen (secondary N) is 1. The number of hydrogen-bond donors (Lipinski definition) is 1. The molecule has 0 radical (unpaired) electrons. The Hall–Kier alpha value is -0.310. The Morgan fingerprint density at radius 2 is 0.944 bits per heavy atom. The van der Waals surface area contributed by atoms with E-state index in [9.17, 15) is 35.1 Å². The van der Waals surface area contributed by atoms with Crippen molar-refractivity contribution in [3.8, 4) is 0 Å². The fourth-order valence-electron chi connectivity index (χ4n) is 2.32. The van der Waals surface area contributed by atoms with Crippen LogP contribution in [0.1, 0.15) is 0 Å². The predicted molar refractivity (Wildman–Crippen MR) is 46.9 cm³/mol. The lowest BCUT2D eigenvalue weighted by Gasteiger charge is -2.47. The molecule has 18 heavy (non-hydrogen) atoms. The van der Waals surface area contributed by atoms with Gasteiger partial charge >= 0.3 is 23.7 Å². The van der Waals surface area contributed by atoms with Crippen LogP contribution in [0.15, 0.2) is 0 Å². The van der Waals surface area contributed by atoms with E-state index in [0.29, 0.717) is 0 Å². The van der Waals surface area contributed by atoms with E-state index in [2.05, 4.69) is 0 Å². The summed E-state index contributed by atoms with van der Waals surface area (Å²) in [5.74, 6) is -27.4. The molecule has 0 aromatic heterocycles. The van der Waals surface area contributed by atoms with Gasteiger partial charge in [-0.25, -0.2) is 0 Å². The maximum Gasteiger partial charge on any atom is 0.378 e. The Morgan fingerprint density at radius 3 is 1.22 bits per heavy atom. The summed E-state index contributed by atoms with van der Waals surface area (Å²) in [5.41, 5.74) is 0. The third-order valence-corrected chi connectivity index (χ3v) is 3.38. The van der Waals surface area contributed by atoms with E-state index in [4.69, 9.17) is 0 Å². The van der Waals surface area contributed by atoms with Crippen LogP contribution in [-0.4, -0.2) is 36.8 Å². The number of hydrogen-bond acceptors (Lipinski definition) is 1. The molecule has 2 aliphatic rings. The maximum absolute atomic E-state index is 13.2. The van der Waals surface area contributed by atoms with Crippen molar-refractivity contribution in [1.82, 2.24) is 5.32 Å². The molecule has 0 amide bonds. The van der Waals surface area contributed by atoms with Crippen molar-refractivity contribution in [3.63, 3.8) is 0 Å². The van der Waals surface area contributed by atoms with E-state index in [1.807, 2.05) is 5.32 Å². The minimum atomic E-state index is -6.06. The van der Waals surface area contributed by atoms with Crippen molar-refractivity contribution < 1.29 is 35.1 Å². The molecule has 2 rings (SSSR count). The van der Waals surface area contributed by atoms with Gasteiger partial charge < -0.3 is 5.32 Å². The average molecular weight is 306 g/mol. The van der Waals surface area contributed by atoms with Crippen LogP contribution in [0.3, 0.4) is 0 Å². The SMILES string of the molecule is Cl.FC1(F)C2CNCC2C(F)(F)C(F)(F)C1(F)F. The first-order valence-electron chi connectivity index (χ1n) is 4.70. The fraction of sp³-hybridized carbons (Fsp3) is 1.00. The summed E-state index contributed by atoms with van der Waals surface area (Å²) in [6.07, 6.45) is 0. The van der Waals surface area contributed by atoms with Crippen LogP contribution in [0, 0.1) is 11.8 Å². The molecule has 108 valence electrons. The quantitative estimate of drug-likeness (QED) is 0.679. The van der Waals surface area contributed by atoms with Gasteiger partial charge in [-0.15, -0.1) is 12.4 Å². The first-order valence-corrected chi connectivity index (χ1v) is 4.70. The van der Waals surface area contributed by atoms with Gasteiger partial charge in [0, 0.05) is 13.1 Å². The van der Waals surface area contributed by atoms with Gasteiger partial charge in [0.2, 0.25) is 0 Å². The van der Waals surface area contributed by atoms with E-state index < -0.39 is 48.6 Å². The van der Waals surface area contributed by atoms with Crippen molar-refractivity contribution in [2.45, 2.75) is 23.7 Å². The molecule has 2 fully saturated rings. The summed E-state index contributed by atoms with van der Waals surface area (Å²) < 4.78 is 104. The summed E-state index contributed by atoms with van der Waals surface area (Å²) in [6, 6.07) is 0. The molecule has 1 aliphatic carbocycles. The molecule has 1 heterocycles. The molecule has 0 aromatic rings. The number of alkyl halides is 8. The Morgan fingerprint density at radius 1 is 0.667 bits per heavy atom. The minimum Gasteiger partial charge on any atom is -0.316 e. The number of rotatable bonds is 0. The van der Waals surface area contributed by atoms with Gasteiger partial charge in [0.15, 0.2) is 0 Å². The van der Waals surface area contributed by atoms with Gasteiger partial charge in [0.1, 0.15) is 0 Å². The smallest absolute Gasteiger partial charge is 0.316 e. The van der Waals surface area contributed by atoms with Gasteiger partial charge in [-0.3, -0.25) is 0 Å². The maximum atomic E-state index is 13.2. The van der Waals surface area contributed by atoms with Crippen molar-refractivity contribution in [3.05, 3.63) is 0 Å². The van der Waals surface area contributed by atoms with E-state index in [1.54, 1.807) is 0 Å². The monoisotopic (exact) mass is 305 g/mol. The zero-order chi connectivity index (χ0) is 13.3. The lowest BCUT2D eigenvalue weighted by molar-refractivity contribution is -0.418. The van der Waals surface area contributed by atoms with Crippen LogP contribution >= 0.6 is 12.4 Å². The van der Waals surface area contributed by atoms with Crippen molar-refractivity contribution in [2.24, 2.45) is 11.8 Å². The molecule has 2 atom stereocenters. The Bertz CT molecular complexity index is 312. The summed E-state index contributed by atoms with van der Waals surface area (Å²) >= 11 is 0. The predicted octanol–water partition coefficient (Wildman–Crippen LogP) is 2.80. The van der Waals surface area contributed by atoms with E-state index >= 15 is 0 Å². The Kier molecular flexibility index (Phi) is 3.36. The van der Waals surface area contributed by atoms with Gasteiger partial charge in [-0.2, -0.15) is 35.1 Å². The highest BCUT2D eigenvalue weighted by molar-refractivity contribution is 5.85. The minimum absolute atomic E-state index is 0. The number of halogens is 9. The highest BCUT2D eigenvalue weighted by Gasteiger charge is 2.89. The topological polar surface area (TPSA) is 12.0 Å². The van der Waals surface area contributed by atoms with E-state index in [0.717, 1.165) is 0 Å². The highest BCUT2D eigenvalue weighted by Crippen LogP contribution is 2.64. The molecule has 1 nitrogen and oxygen atoms in total. The largest absolute Gasteiger partial charge is 0.378 e. The Labute approximate surface area is 102 Å². The lowest BCUT2D eigenvalue weighted by atomic mass is 9.71. The van der Waals surface area contributed by atoms with Crippen molar-refractivity contribution in [1.29, 1.82) is 0 Å². The second kappa shape index (κ2) is 3.84. The standard InChI is InChI=1S/C8H7F8N.ClH/c9-5(10)3-1-17-2-4(3)6(11,12)8(15,16)7(5,13)14;/h3-4,17H,1-2H2;1H. The Balaban J connectivity index is 0.00000162. The second-order valence-electron chi connectivity index (χ2n) is 4.27. The summed E-state index contributed by atoms with van der Waals surface area (Å²) in [6.45, 7) is -1.67. The van der Waals surface area contributed by atoms with Crippen LogP contribution < -0.4 is 5.32 Å². The first-order chi connectivity index (χ1) is 7.48.